The van der Waals surface area contributed by atoms with Gasteiger partial charge in [0.25, 0.3) is 0 Å². The van der Waals surface area contributed by atoms with Crippen molar-refractivity contribution >= 4 is 34.0 Å². The predicted molar refractivity (Wildman–Crippen MR) is 82.9 cm³/mol. The van der Waals surface area contributed by atoms with Crippen LogP contribution in [0.4, 0.5) is 9.57 Å². The van der Waals surface area contributed by atoms with E-state index in [9.17, 15) is 3.89 Å². The molecule has 0 radical (unpaired) electrons. The van der Waals surface area contributed by atoms with Crippen LogP contribution in [0.25, 0.3) is 11.3 Å². The Morgan fingerprint density at radius 1 is 1.37 bits per heavy atom. The van der Waals surface area contributed by atoms with Gasteiger partial charge in [0, 0.05) is 29.2 Å². The van der Waals surface area contributed by atoms with Crippen molar-refractivity contribution in [3.8, 4) is 11.3 Å². The van der Waals surface area contributed by atoms with E-state index in [1.165, 1.54) is 4.09 Å². The fraction of sp³-hybridized carbons (Fsp3) is 0.308. The van der Waals surface area contributed by atoms with Gasteiger partial charge in [-0.25, -0.2) is 0 Å². The van der Waals surface area contributed by atoms with Crippen LogP contribution in [0.3, 0.4) is 0 Å². The topological polar surface area (TPSA) is 21.1 Å². The summed E-state index contributed by atoms with van der Waals surface area (Å²) in [6.07, 6.45) is 1.72. The maximum atomic E-state index is 12.8. The Kier molecular flexibility index (Phi) is 4.52. The van der Waals surface area contributed by atoms with Gasteiger partial charge in [-0.3, -0.25) is 0 Å². The average molecular weight is 344 g/mol. The van der Waals surface area contributed by atoms with Crippen molar-refractivity contribution in [2.24, 2.45) is 0 Å². The molecular weight excluding hydrogens is 329 g/mol. The molecule has 1 aromatic heterocycles. The quantitative estimate of drug-likeness (QED) is 0.750. The monoisotopic (exact) mass is 343 g/mol. The van der Waals surface area contributed by atoms with Gasteiger partial charge in [0.15, 0.2) is 12.3 Å². The van der Waals surface area contributed by atoms with E-state index in [1.807, 2.05) is 39.1 Å². The molecule has 2 heterocycles. The van der Waals surface area contributed by atoms with Crippen LogP contribution in [-0.2, 0) is 6.54 Å². The van der Waals surface area contributed by atoms with Gasteiger partial charge in [0.05, 0.1) is 17.6 Å². The normalized spacial score (nSPS) is 12.4. The highest BCUT2D eigenvalue weighted by atomic mass is 79.9. The van der Waals surface area contributed by atoms with Crippen molar-refractivity contribution in [3.05, 3.63) is 34.4 Å². The molecule has 2 aromatic rings. The summed E-state index contributed by atoms with van der Waals surface area (Å²) in [5, 5.41) is 4.04. The van der Waals surface area contributed by atoms with Crippen molar-refractivity contribution in [2.75, 3.05) is 11.9 Å². The molecule has 19 heavy (non-hydrogen) atoms. The summed E-state index contributed by atoms with van der Waals surface area (Å²) < 4.78 is 15.2. The van der Waals surface area contributed by atoms with Crippen molar-refractivity contribution in [1.82, 2.24) is 9.19 Å². The van der Waals surface area contributed by atoms with Crippen molar-refractivity contribution in [3.63, 3.8) is 0 Å². The van der Waals surface area contributed by atoms with E-state index in [4.69, 9.17) is 0 Å². The Morgan fingerprint density at radius 3 is 2.79 bits per heavy atom. The highest BCUT2D eigenvalue weighted by Gasteiger charge is 2.25. The number of aromatic nitrogens is 2. The fourth-order valence-electron chi connectivity index (χ4n) is 2.24. The maximum Gasteiger partial charge on any atom is 0.188 e. The molecule has 1 aliphatic rings. The molecule has 0 aliphatic carbocycles. The minimum atomic E-state index is 0.132. The van der Waals surface area contributed by atoms with Crippen LogP contribution < -0.4 is 4.90 Å². The van der Waals surface area contributed by atoms with E-state index in [0.717, 1.165) is 33.5 Å². The molecule has 0 saturated carbocycles. The third-order valence-corrected chi connectivity index (χ3v) is 3.96. The lowest BCUT2D eigenvalue weighted by atomic mass is 10.0. The first kappa shape index (κ1) is 14.4. The van der Waals surface area contributed by atoms with Gasteiger partial charge in [-0.1, -0.05) is 26.0 Å². The minimum absolute atomic E-state index is 0.132. The molecule has 102 valence electrons. The summed E-state index contributed by atoms with van der Waals surface area (Å²) in [6, 6.07) is 5.93. The summed E-state index contributed by atoms with van der Waals surface area (Å²) in [5.74, 6) is 0. The van der Waals surface area contributed by atoms with Gasteiger partial charge in [0.1, 0.15) is 0 Å². The Balaban J connectivity index is 0.000000637. The molecule has 0 amide bonds. The Labute approximate surface area is 125 Å². The number of anilines is 1. The molecule has 1 aliphatic heterocycles. The van der Waals surface area contributed by atoms with E-state index in [2.05, 4.69) is 25.9 Å². The number of fused-ring (bicyclic) bond motifs is 3. The van der Waals surface area contributed by atoms with E-state index in [1.54, 1.807) is 6.20 Å². The molecule has 3 nitrogen and oxygen atoms in total. The maximum absolute atomic E-state index is 12.8. The number of para-hydroxylation sites is 1. The number of hydrogen-bond donors (Lipinski definition) is 0. The summed E-state index contributed by atoms with van der Waals surface area (Å²) in [5.41, 5.74) is 3.98. The fourth-order valence-corrected chi connectivity index (χ4v) is 3.27. The van der Waals surface area contributed by atoms with E-state index < -0.39 is 0 Å². The summed E-state index contributed by atoms with van der Waals surface area (Å²) in [7, 11) is 2.02. The number of halogens is 2. The second-order valence-corrected chi connectivity index (χ2v) is 5.29. The van der Waals surface area contributed by atoms with Crippen LogP contribution in [0.5, 0.6) is 0 Å². The van der Waals surface area contributed by atoms with Crippen LogP contribution in [0.15, 0.2) is 28.9 Å². The van der Waals surface area contributed by atoms with Crippen molar-refractivity contribution in [1.29, 1.82) is 0 Å². The zero-order valence-corrected chi connectivity index (χ0v) is 13.4. The molecule has 0 spiro atoms. The van der Waals surface area contributed by atoms with Gasteiger partial charge in [-0.2, -0.15) is 9.19 Å². The summed E-state index contributed by atoms with van der Waals surface area (Å²) in [6.45, 7) is 4.74. The van der Waals surface area contributed by atoms with Crippen LogP contribution >= 0.6 is 28.3 Å². The second-order valence-electron chi connectivity index (χ2n) is 3.95. The van der Waals surface area contributed by atoms with Crippen LogP contribution in [0.1, 0.15) is 19.4 Å². The third kappa shape index (κ3) is 2.39. The zero-order valence-electron chi connectivity index (χ0n) is 11.0. The molecule has 0 atom stereocenters. The van der Waals surface area contributed by atoms with Gasteiger partial charge in [-0.05, 0) is 22.0 Å². The van der Waals surface area contributed by atoms with Crippen molar-refractivity contribution in [2.45, 2.75) is 20.4 Å². The Hall–Kier alpha value is -1.01. The van der Waals surface area contributed by atoms with Crippen LogP contribution in [-0.4, -0.2) is 16.2 Å². The largest absolute Gasteiger partial charge is 0.369 e. The lowest BCUT2D eigenvalue weighted by molar-refractivity contribution is 0.874. The second kappa shape index (κ2) is 5.96. The van der Waals surface area contributed by atoms with Gasteiger partial charge < -0.3 is 4.90 Å². The highest BCUT2D eigenvalue weighted by molar-refractivity contribution is 9.10. The lowest BCUT2D eigenvalue weighted by Crippen LogP contribution is -2.21. The van der Waals surface area contributed by atoms with E-state index in [0.29, 0.717) is 0 Å². The van der Waals surface area contributed by atoms with Crippen LogP contribution in [0, 0.1) is 0 Å². The lowest BCUT2D eigenvalue weighted by Gasteiger charge is -2.28. The van der Waals surface area contributed by atoms with Crippen molar-refractivity contribution < 1.29 is 3.89 Å². The van der Waals surface area contributed by atoms with E-state index in [-0.39, 0.29) is 12.3 Å². The number of benzene rings is 1. The molecule has 0 unspecified atom stereocenters. The third-order valence-electron chi connectivity index (χ3n) is 2.91. The zero-order chi connectivity index (χ0) is 14.0. The standard InChI is InChI=1S/C11H9BrFN3S.C2H6/c1-15-6-7-5-14-16(17-13)10(7)8-3-2-4-9(12)11(8)15;1-2/h2-5H,6H2,1H3;1-2H3. The van der Waals surface area contributed by atoms with Crippen LogP contribution in [0.2, 0.25) is 0 Å². The predicted octanol–water partition coefficient (Wildman–Crippen LogP) is 4.67. The van der Waals surface area contributed by atoms with Gasteiger partial charge in [0.2, 0.25) is 0 Å². The summed E-state index contributed by atoms with van der Waals surface area (Å²) >= 11 is 3.67. The molecule has 0 bridgehead atoms. The molecule has 0 saturated heterocycles. The molecule has 6 heteroatoms. The average Bonchev–Trinajstić information content (AvgIpc) is 2.84. The number of nitrogens with zero attached hydrogens (tertiary/aromatic N) is 3. The SMILES string of the molecule is CC.CN1Cc2cnn(SF)c2-c2cccc(Br)c21. The number of rotatable bonds is 1. The molecule has 0 fully saturated rings. The Bertz CT molecular complexity index is 585. The minimum Gasteiger partial charge on any atom is -0.369 e. The molecular formula is C13H15BrFN3S. The van der Waals surface area contributed by atoms with E-state index >= 15 is 0 Å². The first-order chi connectivity index (χ1) is 9.22. The first-order valence-corrected chi connectivity index (χ1v) is 7.55. The molecule has 3 rings (SSSR count). The summed E-state index contributed by atoms with van der Waals surface area (Å²) in [4.78, 5) is 2.14. The number of hydrogen-bond acceptors (Lipinski definition) is 3. The Morgan fingerprint density at radius 2 is 2.11 bits per heavy atom. The molecule has 0 N–H and O–H groups in total. The van der Waals surface area contributed by atoms with Gasteiger partial charge in [-0.15, -0.1) is 3.89 Å². The first-order valence-electron chi connectivity index (χ1n) is 6.08. The molecule has 1 aromatic carbocycles. The smallest absolute Gasteiger partial charge is 0.188 e. The highest BCUT2D eigenvalue weighted by Crippen LogP contribution is 2.43. The van der Waals surface area contributed by atoms with Gasteiger partial charge >= 0.3 is 0 Å².